The molecule has 0 radical (unpaired) electrons. The first-order valence-electron chi connectivity index (χ1n) is 44.0. The van der Waals surface area contributed by atoms with Gasteiger partial charge in [-0.3, -0.25) is 30.0 Å². The molecule has 30 heteroatoms. The number of aromatic hydroxyl groups is 6. The zero-order valence-corrected chi connectivity index (χ0v) is 96.6. The van der Waals surface area contributed by atoms with Crippen molar-refractivity contribution in [3.63, 3.8) is 0 Å². The summed E-state index contributed by atoms with van der Waals surface area (Å²) in [7, 11) is 59.2. The van der Waals surface area contributed by atoms with Crippen molar-refractivity contribution in [2.45, 2.75) is 276 Å². The first kappa shape index (κ1) is 113. The molecule has 14 fully saturated rings. The van der Waals surface area contributed by atoms with E-state index in [1.54, 1.807) is 0 Å². The molecule has 0 aliphatic heterocycles. The van der Waals surface area contributed by atoms with E-state index >= 15 is 0 Å². The number of hydrogen-bond donors (Lipinski definition) is 6. The summed E-state index contributed by atoms with van der Waals surface area (Å²) in [5.41, 5.74) is 11.1. The van der Waals surface area contributed by atoms with Gasteiger partial charge >= 0.3 is 227 Å². The number of nitrogens with zero attached hydrogens (tertiary/aromatic N) is 6. The van der Waals surface area contributed by atoms with Gasteiger partial charge in [0.05, 0.1) is 35.2 Å². The van der Waals surface area contributed by atoms with Crippen LogP contribution in [-0.4, -0.2) is 103 Å². The standard InChI is InChI=1S/5C16H21NO.C15H19NO.12ClH.6Zr/c1-11-4-2-7-14(16(11)18)10-17-15-9-12-5-3-6-13(15)8-12;1-12-3-2-4-14(15(12)18)11-17-16-8-5-13(6-9-16)7-10-16;1-11-3-2-4-14(16(11)18)10-17-15-8-6-12-5-7-13(15)9-12;1-11-3-2-4-14(16(11)18)10-17-15-9-12-5-7-13(15)8-6-12;1-11-3-2-4-14(16(11)18)10-17-15-8-12-5-6-13(7-12)9-15;1-11-3-2-4-13(14(11)17)10-16-15-7-5-12(9-15)6-8-15;;;;;;;;;;;;;;;;;;/h2,4,7,10,12-13,15,18H,3,5-6,8-9H2,1H3;2-4,11,13,18H,5-10H2,1H3;3*2-4,10,12-13,15,18H,5-9H2,1H3;2-4,10,12,17H,5-9H2,1H3;12*1H;;;;;;/q;;;;;;;;;;;;;;;;;;6*+2/p-12. The van der Waals surface area contributed by atoms with E-state index in [4.69, 9.17) is 132 Å². The number of aryl methyl sites for hydroxylation is 6. The zero-order valence-electron chi connectivity index (χ0n) is 72.8. The van der Waals surface area contributed by atoms with Gasteiger partial charge in [-0.1, -0.05) is 118 Å². The van der Waals surface area contributed by atoms with Crippen LogP contribution in [0.4, 0.5) is 0 Å². The van der Waals surface area contributed by atoms with Gasteiger partial charge in [0.2, 0.25) is 0 Å². The molecule has 678 valence electrons. The topological polar surface area (TPSA) is 196 Å². The van der Waals surface area contributed by atoms with Gasteiger partial charge in [-0.05, 0) is 325 Å². The average Bonchev–Trinajstić information content (AvgIpc) is 1.45. The molecule has 12 nitrogen and oxygen atoms in total. The van der Waals surface area contributed by atoms with Crippen LogP contribution >= 0.6 is 102 Å². The summed E-state index contributed by atoms with van der Waals surface area (Å²) in [5, 5.41) is 59.8. The van der Waals surface area contributed by atoms with E-state index in [0.717, 1.165) is 126 Å². The van der Waals surface area contributed by atoms with Crippen LogP contribution in [0, 0.1) is 101 Å². The number of benzene rings is 6. The summed E-state index contributed by atoms with van der Waals surface area (Å²) < 4.78 is 0. The third-order valence-electron chi connectivity index (χ3n) is 27.8. The molecule has 12 bridgehead atoms. The van der Waals surface area contributed by atoms with Crippen molar-refractivity contribution in [3.8, 4) is 34.5 Å². The van der Waals surface area contributed by atoms with Crippen molar-refractivity contribution < 1.29 is 156 Å². The molecule has 0 heterocycles. The van der Waals surface area contributed by atoms with Crippen molar-refractivity contribution in [1.29, 1.82) is 0 Å². The molecule has 14 aliphatic carbocycles. The zero-order chi connectivity index (χ0) is 90.9. The number of fused-ring (bicyclic) bond motifs is 14. The number of phenols is 6. The fourth-order valence-electron chi connectivity index (χ4n) is 20.9. The number of hydrogen-bond acceptors (Lipinski definition) is 12. The van der Waals surface area contributed by atoms with Crippen LogP contribution in [0.5, 0.6) is 34.5 Å². The van der Waals surface area contributed by atoms with Crippen molar-refractivity contribution in [2.24, 2.45) is 89.1 Å². The molecule has 14 aliphatic rings. The summed E-state index contributed by atoms with van der Waals surface area (Å²) in [6.45, 7) is 11.6. The summed E-state index contributed by atoms with van der Waals surface area (Å²) in [6, 6.07) is 37.0. The third kappa shape index (κ3) is 38.0. The van der Waals surface area contributed by atoms with Crippen LogP contribution in [0.15, 0.2) is 139 Å². The Labute approximate surface area is 858 Å². The van der Waals surface area contributed by atoms with E-state index < -0.39 is 125 Å². The Balaban J connectivity index is 0.000000198. The van der Waals surface area contributed by atoms with Gasteiger partial charge in [0, 0.05) is 70.7 Å². The maximum absolute atomic E-state index is 10.0. The second-order valence-corrected chi connectivity index (χ2v) is 58.0. The van der Waals surface area contributed by atoms with Gasteiger partial charge in [-0.2, -0.15) is 0 Å². The molecule has 6 aromatic carbocycles. The number of halogens is 12. The van der Waals surface area contributed by atoms with Gasteiger partial charge in [-0.15, -0.1) is 0 Å². The maximum atomic E-state index is 10.0. The Hall–Kier alpha value is 0.919. The molecule has 125 heavy (non-hydrogen) atoms. The molecule has 6 aromatic rings. The molecule has 9 atom stereocenters. The van der Waals surface area contributed by atoms with E-state index in [0.29, 0.717) is 58.7 Å². The van der Waals surface area contributed by atoms with Gasteiger partial charge < -0.3 is 30.6 Å². The van der Waals surface area contributed by atoms with Crippen LogP contribution in [0.1, 0.15) is 266 Å². The van der Waals surface area contributed by atoms with Crippen molar-refractivity contribution in [1.82, 2.24) is 0 Å². The van der Waals surface area contributed by atoms with Crippen LogP contribution in [0.25, 0.3) is 0 Å². The van der Waals surface area contributed by atoms with Gasteiger partial charge in [0.15, 0.2) is 0 Å². The second kappa shape index (κ2) is 62.0. The summed E-state index contributed by atoms with van der Waals surface area (Å²) in [6.07, 6.45) is 52.5. The van der Waals surface area contributed by atoms with Gasteiger partial charge in [-0.25, -0.2) is 0 Å². The Bertz CT molecular complexity index is 4140. The minimum atomic E-state index is -0.826. The Morgan fingerprint density at radius 1 is 0.264 bits per heavy atom. The minimum absolute atomic E-state index is 0.185. The quantitative estimate of drug-likeness (QED) is 0.0660. The number of phenolic OH excluding ortho intramolecular Hbond substituents is 6. The molecule has 6 N–H and O–H groups in total. The third-order valence-corrected chi connectivity index (χ3v) is 27.8. The molecular formula is C95H124Cl12N6O6Zr6. The normalized spacial score (nSPS) is 27.3. The predicted molar refractivity (Wildman–Crippen MR) is 512 cm³/mol. The molecule has 0 saturated heterocycles. The molecule has 9 unspecified atom stereocenters. The van der Waals surface area contributed by atoms with Crippen LogP contribution in [0.3, 0.4) is 0 Å². The summed E-state index contributed by atoms with van der Waals surface area (Å²) >= 11 is -4.95. The van der Waals surface area contributed by atoms with E-state index in [1.165, 1.54) is 199 Å². The second-order valence-electron chi connectivity index (χ2n) is 35.6. The van der Waals surface area contributed by atoms with Crippen molar-refractivity contribution >= 4 is 139 Å². The van der Waals surface area contributed by atoms with Crippen molar-refractivity contribution in [2.75, 3.05) is 0 Å². The van der Waals surface area contributed by atoms with Crippen LogP contribution < -0.4 is 0 Å². The average molecular weight is 2420 g/mol. The van der Waals surface area contributed by atoms with E-state index in [2.05, 4.69) is 0 Å². The first-order valence-corrected chi connectivity index (χ1v) is 82.0. The number of rotatable bonds is 12. The predicted octanol–water partition coefficient (Wildman–Crippen LogP) is 30.3. The number of para-hydroxylation sites is 6. The molecule has 0 spiro atoms. The van der Waals surface area contributed by atoms with E-state index in [-0.39, 0.29) is 11.1 Å². The Morgan fingerprint density at radius 3 is 0.904 bits per heavy atom. The van der Waals surface area contributed by atoms with E-state index in [9.17, 15) is 30.6 Å². The monoisotopic (exact) mass is 2400 g/mol. The fourth-order valence-corrected chi connectivity index (χ4v) is 20.9. The Morgan fingerprint density at radius 2 is 0.544 bits per heavy atom. The SMILES string of the molecule is Cc1cccc(C=NC23CCC(CC2)C3)c1O.Cc1cccc(C=NC23CCC(CC2)CC3)c1O.Cc1cccc(C=NC2CC3CCC(C3)C2)c1O.Cc1cccc(C=NC2CC3CCC2CC3)c1O.Cc1cccc(C=NC2CC3CCCC2C3)c1O.Cc1cccc(C=NC2CCC3CCC2C3)c1O.[Cl][Zr][Cl].[Cl][Zr][Cl].[Cl][Zr][Cl].[Cl][Zr][Cl].[Cl][Zr][Cl].[Cl][Zr][Cl]. The van der Waals surface area contributed by atoms with Crippen LogP contribution in [-0.2, 0) is 125 Å². The summed E-state index contributed by atoms with van der Waals surface area (Å²) in [4.78, 5) is 28.6. The fraction of sp³-hybridized carbons (Fsp3) is 0.558. The van der Waals surface area contributed by atoms with Crippen LogP contribution in [0.2, 0.25) is 0 Å². The first-order chi connectivity index (χ1) is 60.3. The molecule has 20 rings (SSSR count). The Kier molecular flexibility index (Phi) is 56.0. The van der Waals surface area contributed by atoms with Gasteiger partial charge in [0.1, 0.15) is 34.5 Å². The van der Waals surface area contributed by atoms with Crippen molar-refractivity contribution in [3.05, 3.63) is 176 Å². The molecular weight excluding hydrogens is 2290 g/mol. The summed E-state index contributed by atoms with van der Waals surface area (Å²) in [5.74, 6) is 11.2. The van der Waals surface area contributed by atoms with Gasteiger partial charge in [0.25, 0.3) is 0 Å². The molecule has 0 aromatic heterocycles. The number of aliphatic imine (C=N–C) groups is 6. The van der Waals surface area contributed by atoms with E-state index in [1.807, 2.05) is 188 Å². The molecule has 0 amide bonds. The molecule has 14 saturated carbocycles.